The van der Waals surface area contributed by atoms with E-state index >= 15 is 0 Å². The maximum Gasteiger partial charge on any atom is 0.490 e. The van der Waals surface area contributed by atoms with Gasteiger partial charge in [0.05, 0.1) is 0 Å². The van der Waals surface area contributed by atoms with Crippen LogP contribution in [0.15, 0.2) is 53.5 Å². The molecular formula is C23H22F5N3O3. The molecule has 34 heavy (non-hydrogen) atoms. The molecule has 182 valence electrons. The maximum absolute atomic E-state index is 13.6. The van der Waals surface area contributed by atoms with Gasteiger partial charge in [-0.1, -0.05) is 24.3 Å². The van der Waals surface area contributed by atoms with Crippen LogP contribution >= 0.6 is 0 Å². The molecular weight excluding hydrogens is 461 g/mol. The van der Waals surface area contributed by atoms with E-state index in [-0.39, 0.29) is 17.5 Å². The first kappa shape index (κ1) is 25.3. The number of amidine groups is 1. The van der Waals surface area contributed by atoms with Crippen LogP contribution in [-0.4, -0.2) is 53.5 Å². The topological polar surface area (TPSA) is 82.0 Å². The van der Waals surface area contributed by atoms with Crippen LogP contribution in [0.1, 0.15) is 24.5 Å². The largest absolute Gasteiger partial charge is 0.490 e. The predicted molar refractivity (Wildman–Crippen MR) is 113 cm³/mol. The van der Waals surface area contributed by atoms with Gasteiger partial charge in [0.15, 0.2) is 5.54 Å². The lowest BCUT2D eigenvalue weighted by Crippen LogP contribution is -2.43. The summed E-state index contributed by atoms with van der Waals surface area (Å²) < 4.78 is 58.7. The number of benzene rings is 2. The molecule has 11 heteroatoms. The highest BCUT2D eigenvalue weighted by atomic mass is 19.4. The normalized spacial score (nSPS) is 19.5. The zero-order valence-electron chi connectivity index (χ0n) is 18.1. The van der Waals surface area contributed by atoms with Crippen molar-refractivity contribution >= 4 is 17.7 Å². The molecule has 4 rings (SSSR count). The second-order valence-corrected chi connectivity index (χ2v) is 7.96. The summed E-state index contributed by atoms with van der Waals surface area (Å²) in [5.41, 5.74) is -0.156. The summed E-state index contributed by atoms with van der Waals surface area (Å²) in [6.45, 7) is 4.22. The van der Waals surface area contributed by atoms with Crippen molar-refractivity contribution in [3.05, 3.63) is 71.3 Å². The van der Waals surface area contributed by atoms with Gasteiger partial charge in [-0.05, 0) is 67.7 Å². The van der Waals surface area contributed by atoms with Crippen LogP contribution in [0.25, 0.3) is 0 Å². The zero-order chi connectivity index (χ0) is 25.1. The Morgan fingerprint density at radius 3 is 1.94 bits per heavy atom. The fourth-order valence-corrected chi connectivity index (χ4v) is 3.96. The Balaban J connectivity index is 0.000000406. The number of carboxylic acid groups (broad SMARTS) is 1. The van der Waals surface area contributed by atoms with Crippen LogP contribution in [0, 0.1) is 17.6 Å². The highest BCUT2D eigenvalue weighted by molar-refractivity contribution is 6.09. The summed E-state index contributed by atoms with van der Waals surface area (Å²) in [5.74, 6) is -2.70. The first-order chi connectivity index (χ1) is 15.9. The van der Waals surface area contributed by atoms with Crippen molar-refractivity contribution in [1.82, 2.24) is 10.2 Å². The van der Waals surface area contributed by atoms with Gasteiger partial charge in [0, 0.05) is 6.54 Å². The van der Waals surface area contributed by atoms with Gasteiger partial charge in [0.2, 0.25) is 0 Å². The van der Waals surface area contributed by atoms with Crippen molar-refractivity contribution in [2.24, 2.45) is 10.9 Å². The molecule has 0 aliphatic carbocycles. The van der Waals surface area contributed by atoms with Gasteiger partial charge < -0.3 is 10.4 Å². The molecule has 0 bridgehead atoms. The number of carboxylic acids is 1. The standard InChI is InChI=1S/C21H21F2N3O.C2HF3O2/c1-14-25-21(16-2-6-18(22)7-3-16,17-4-8-19(23)9-5-17)20(27)26(14)13-15-10-11-24-12-15;3-2(4,5)1(6)7/h2-9,15,24H,10-13H2,1H3;(H,6,7). The highest BCUT2D eigenvalue weighted by Crippen LogP contribution is 2.40. The minimum atomic E-state index is -5.08. The Morgan fingerprint density at radius 1 is 1.09 bits per heavy atom. The van der Waals surface area contributed by atoms with Crippen LogP contribution < -0.4 is 5.32 Å². The van der Waals surface area contributed by atoms with E-state index in [2.05, 4.69) is 5.32 Å². The van der Waals surface area contributed by atoms with Gasteiger partial charge in [0.25, 0.3) is 5.91 Å². The first-order valence-electron chi connectivity index (χ1n) is 10.4. The number of nitrogens with zero attached hydrogens (tertiary/aromatic N) is 2. The molecule has 2 heterocycles. The van der Waals surface area contributed by atoms with Crippen LogP contribution in [0.3, 0.4) is 0 Å². The quantitative estimate of drug-likeness (QED) is 0.650. The van der Waals surface area contributed by atoms with E-state index in [1.165, 1.54) is 24.3 Å². The molecule has 0 radical (unpaired) electrons. The van der Waals surface area contributed by atoms with Crippen molar-refractivity contribution in [3.63, 3.8) is 0 Å². The monoisotopic (exact) mass is 483 g/mol. The van der Waals surface area contributed by atoms with Gasteiger partial charge in [-0.15, -0.1) is 0 Å². The van der Waals surface area contributed by atoms with E-state index in [4.69, 9.17) is 14.9 Å². The molecule has 2 aromatic rings. The van der Waals surface area contributed by atoms with E-state index in [0.717, 1.165) is 19.5 Å². The molecule has 0 spiro atoms. The lowest BCUT2D eigenvalue weighted by molar-refractivity contribution is -0.192. The number of hydrogen-bond donors (Lipinski definition) is 2. The molecule has 1 amide bonds. The number of alkyl halides is 3. The van der Waals surface area contributed by atoms with Crippen molar-refractivity contribution < 1.29 is 36.6 Å². The second-order valence-electron chi connectivity index (χ2n) is 7.96. The first-order valence-corrected chi connectivity index (χ1v) is 10.4. The third kappa shape index (κ3) is 5.24. The number of amides is 1. The van der Waals surface area contributed by atoms with Crippen LogP contribution in [0.4, 0.5) is 22.0 Å². The van der Waals surface area contributed by atoms with Crippen molar-refractivity contribution in [2.75, 3.05) is 19.6 Å². The summed E-state index contributed by atoms with van der Waals surface area (Å²) >= 11 is 0. The van der Waals surface area contributed by atoms with E-state index in [1.54, 1.807) is 29.2 Å². The van der Waals surface area contributed by atoms with Crippen molar-refractivity contribution in [3.8, 4) is 0 Å². The van der Waals surface area contributed by atoms with E-state index in [0.29, 0.717) is 29.4 Å². The number of carbonyl (C=O) groups excluding carboxylic acids is 1. The summed E-state index contributed by atoms with van der Waals surface area (Å²) in [4.78, 5) is 29.0. The lowest BCUT2D eigenvalue weighted by atomic mass is 9.82. The van der Waals surface area contributed by atoms with E-state index in [1.807, 2.05) is 6.92 Å². The van der Waals surface area contributed by atoms with Gasteiger partial charge in [-0.3, -0.25) is 9.69 Å². The molecule has 1 saturated heterocycles. The highest BCUT2D eigenvalue weighted by Gasteiger charge is 2.50. The summed E-state index contributed by atoms with van der Waals surface area (Å²) in [5, 5.41) is 10.4. The molecule has 6 nitrogen and oxygen atoms in total. The van der Waals surface area contributed by atoms with Gasteiger partial charge in [-0.2, -0.15) is 13.2 Å². The number of hydrogen-bond acceptors (Lipinski definition) is 4. The van der Waals surface area contributed by atoms with E-state index < -0.39 is 17.7 Å². The number of nitrogens with one attached hydrogen (secondary N) is 1. The number of aliphatic carboxylic acids is 1. The Bertz CT molecular complexity index is 1020. The number of aliphatic imine (C=N–C) groups is 1. The third-order valence-electron chi connectivity index (χ3n) is 5.64. The van der Waals surface area contributed by atoms with Gasteiger partial charge >= 0.3 is 12.1 Å². The summed E-state index contributed by atoms with van der Waals surface area (Å²) in [6, 6.07) is 11.6. The van der Waals surface area contributed by atoms with Crippen molar-refractivity contribution in [2.45, 2.75) is 25.1 Å². The second kappa shape index (κ2) is 9.88. The van der Waals surface area contributed by atoms with Crippen LogP contribution in [0.5, 0.6) is 0 Å². The van der Waals surface area contributed by atoms with Crippen LogP contribution in [-0.2, 0) is 15.1 Å². The number of rotatable bonds is 4. The van der Waals surface area contributed by atoms with Gasteiger partial charge in [-0.25, -0.2) is 18.6 Å². The molecule has 2 aliphatic heterocycles. The molecule has 2 aromatic carbocycles. The third-order valence-corrected chi connectivity index (χ3v) is 5.64. The molecule has 1 unspecified atom stereocenters. The molecule has 0 saturated carbocycles. The number of halogens is 5. The minimum Gasteiger partial charge on any atom is -0.475 e. The SMILES string of the molecule is CC1=NC(c2ccc(F)cc2)(c2ccc(F)cc2)C(=O)N1CC1CCNC1.O=C(O)C(F)(F)F. The average Bonchev–Trinajstić information content (AvgIpc) is 3.37. The molecule has 2 aliphatic rings. The smallest absolute Gasteiger partial charge is 0.475 e. The Kier molecular flexibility index (Phi) is 7.35. The molecule has 1 fully saturated rings. The minimum absolute atomic E-state index is 0.176. The Labute approximate surface area is 192 Å². The molecule has 0 aromatic heterocycles. The average molecular weight is 483 g/mol. The Morgan fingerprint density at radius 2 is 1.56 bits per heavy atom. The van der Waals surface area contributed by atoms with Crippen LogP contribution in [0.2, 0.25) is 0 Å². The predicted octanol–water partition coefficient (Wildman–Crippen LogP) is 3.71. The Hall–Kier alpha value is -3.34. The molecule has 2 N–H and O–H groups in total. The maximum atomic E-state index is 13.6. The molecule has 1 atom stereocenters. The summed E-state index contributed by atoms with van der Waals surface area (Å²) in [6.07, 6.45) is -4.07. The lowest BCUT2D eigenvalue weighted by Gasteiger charge is -2.28. The van der Waals surface area contributed by atoms with Gasteiger partial charge in [0.1, 0.15) is 17.5 Å². The summed E-state index contributed by atoms with van der Waals surface area (Å²) in [7, 11) is 0. The fourth-order valence-electron chi connectivity index (χ4n) is 3.96. The van der Waals surface area contributed by atoms with E-state index in [9.17, 15) is 26.7 Å². The zero-order valence-corrected chi connectivity index (χ0v) is 18.1. The van der Waals surface area contributed by atoms with Crippen molar-refractivity contribution in [1.29, 1.82) is 0 Å². The fraction of sp³-hybridized carbons (Fsp3) is 0.348. The number of carbonyl (C=O) groups is 2.